The number of rotatable bonds is 47. The van der Waals surface area contributed by atoms with E-state index in [0.29, 0.717) is 12.8 Å². The fraction of sp³-hybridized carbons (Fsp3) is 0.944. The van der Waals surface area contributed by atoms with Crippen molar-refractivity contribution in [1.82, 2.24) is 5.32 Å². The summed E-state index contributed by atoms with van der Waals surface area (Å²) in [7, 11) is 0. The van der Waals surface area contributed by atoms with Gasteiger partial charge in [0, 0.05) is 0 Å². The zero-order valence-corrected chi connectivity index (χ0v) is 42.0. The number of hydrogen-bond acceptors (Lipinski definition) is 10. The zero-order chi connectivity index (χ0) is 47.6. The minimum Gasteiger partial charge on any atom is -0.394 e. The van der Waals surface area contributed by atoms with Crippen LogP contribution < -0.4 is 5.32 Å². The van der Waals surface area contributed by atoms with E-state index in [0.717, 1.165) is 38.5 Å². The van der Waals surface area contributed by atoms with Gasteiger partial charge in [-0.05, 0) is 38.5 Å². The highest BCUT2D eigenvalue weighted by atomic mass is 16.7. The van der Waals surface area contributed by atoms with E-state index in [1.807, 2.05) is 0 Å². The lowest BCUT2D eigenvalue weighted by Crippen LogP contribution is -2.60. The molecule has 9 atom stereocenters. The van der Waals surface area contributed by atoms with Gasteiger partial charge in [-0.25, -0.2) is 0 Å². The van der Waals surface area contributed by atoms with Gasteiger partial charge >= 0.3 is 0 Å². The normalized spacial score (nSPS) is 20.9. The molecule has 1 fully saturated rings. The smallest absolute Gasteiger partial charge is 0.249 e. The van der Waals surface area contributed by atoms with Gasteiger partial charge in [0.1, 0.15) is 36.6 Å². The number of carbonyl (C=O) groups is 1. The number of hydrogen-bond donors (Lipinski definition) is 8. The molecule has 0 radical (unpaired) electrons. The number of amides is 1. The highest BCUT2D eigenvalue weighted by molar-refractivity contribution is 5.80. The van der Waals surface area contributed by atoms with Gasteiger partial charge in [-0.2, -0.15) is 0 Å². The Morgan fingerprint density at radius 1 is 0.523 bits per heavy atom. The molecule has 1 heterocycles. The van der Waals surface area contributed by atoms with E-state index in [1.54, 1.807) is 0 Å². The maximum Gasteiger partial charge on any atom is 0.249 e. The molecule has 1 saturated heterocycles. The Morgan fingerprint density at radius 2 is 0.908 bits per heavy atom. The predicted molar refractivity (Wildman–Crippen MR) is 266 cm³/mol. The molecule has 65 heavy (non-hydrogen) atoms. The summed E-state index contributed by atoms with van der Waals surface area (Å²) >= 11 is 0. The van der Waals surface area contributed by atoms with E-state index in [-0.39, 0.29) is 12.8 Å². The van der Waals surface area contributed by atoms with Crippen LogP contribution in [0.1, 0.15) is 258 Å². The second-order valence-corrected chi connectivity index (χ2v) is 19.7. The van der Waals surface area contributed by atoms with Gasteiger partial charge in [-0.1, -0.05) is 231 Å². The van der Waals surface area contributed by atoms with Crippen molar-refractivity contribution in [3.8, 4) is 0 Å². The summed E-state index contributed by atoms with van der Waals surface area (Å²) in [6.07, 6.45) is 38.5. The van der Waals surface area contributed by atoms with Gasteiger partial charge in [0.25, 0.3) is 0 Å². The highest BCUT2D eigenvalue weighted by Crippen LogP contribution is 2.23. The molecule has 1 aliphatic rings. The minimum absolute atomic E-state index is 0.259. The van der Waals surface area contributed by atoms with Gasteiger partial charge in [0.2, 0.25) is 5.91 Å². The summed E-state index contributed by atoms with van der Waals surface area (Å²) in [4.78, 5) is 13.1. The van der Waals surface area contributed by atoms with Crippen molar-refractivity contribution in [2.24, 2.45) is 0 Å². The topological polar surface area (TPSA) is 189 Å². The van der Waals surface area contributed by atoms with Crippen molar-refractivity contribution >= 4 is 5.91 Å². The summed E-state index contributed by atoms with van der Waals surface area (Å²) in [6, 6.07) is -1.18. The van der Waals surface area contributed by atoms with E-state index in [9.17, 15) is 40.5 Å². The third-order valence-electron chi connectivity index (χ3n) is 13.6. The lowest BCUT2D eigenvalue weighted by molar-refractivity contribution is -0.303. The molecule has 11 nitrogen and oxygen atoms in total. The predicted octanol–water partition coefficient (Wildman–Crippen LogP) is 10.8. The number of unbranched alkanes of at least 4 members (excludes halogenated alkanes) is 33. The molecule has 8 N–H and O–H groups in total. The van der Waals surface area contributed by atoms with Crippen LogP contribution in [0.3, 0.4) is 0 Å². The third kappa shape index (κ3) is 33.1. The first-order valence-electron chi connectivity index (χ1n) is 27.6. The molecule has 9 unspecified atom stereocenters. The second kappa shape index (κ2) is 44.1. The van der Waals surface area contributed by atoms with E-state index in [1.165, 1.54) is 180 Å². The molecular weight excluding hydrogens is 823 g/mol. The molecule has 1 amide bonds. The molecular formula is C54H105NO10. The average molecular weight is 928 g/mol. The lowest BCUT2D eigenvalue weighted by atomic mass is 9.98. The van der Waals surface area contributed by atoms with Crippen LogP contribution in [0.5, 0.6) is 0 Å². The fourth-order valence-corrected chi connectivity index (χ4v) is 9.03. The fourth-order valence-electron chi connectivity index (χ4n) is 9.03. The number of carbonyl (C=O) groups excluding carboxylic acids is 1. The van der Waals surface area contributed by atoms with Crippen molar-refractivity contribution < 1.29 is 50.0 Å². The standard InChI is InChI=1S/C54H105NO10/c1-3-5-7-9-11-13-15-17-18-19-20-21-22-23-24-25-26-27-28-30-32-34-36-38-40-42-47(58)53(63)55-45(44-64-54-52(62)51(61)50(60)48(43-56)65-54)49(59)46(57)41-39-37-35-33-31-29-16-14-12-10-8-6-4-2/h33,35,45-52,54,56-62H,3-32,34,36-44H2,1-2H3,(H,55,63)/b35-33+. The van der Waals surface area contributed by atoms with Crippen molar-refractivity contribution in [3.05, 3.63) is 12.2 Å². The Hall–Kier alpha value is -1.15. The molecule has 0 aromatic rings. The SMILES string of the molecule is CCCCCCCCCC/C=C/CCCC(O)C(O)C(COC1OC(CO)C(O)C(O)C1O)NC(=O)C(O)CCCCCCCCCCCCCCCCCCCCCCCCCCC. The Kier molecular flexibility index (Phi) is 42.0. The Balaban J connectivity index is 2.29. The van der Waals surface area contributed by atoms with Crippen molar-refractivity contribution in [1.29, 1.82) is 0 Å². The van der Waals surface area contributed by atoms with Crippen molar-refractivity contribution in [2.75, 3.05) is 13.2 Å². The van der Waals surface area contributed by atoms with Crippen LogP contribution in [-0.4, -0.2) is 110 Å². The average Bonchev–Trinajstić information content (AvgIpc) is 3.31. The van der Waals surface area contributed by atoms with Crippen LogP contribution in [0, 0.1) is 0 Å². The van der Waals surface area contributed by atoms with Crippen LogP contribution in [0.2, 0.25) is 0 Å². The number of nitrogens with one attached hydrogen (secondary N) is 1. The highest BCUT2D eigenvalue weighted by Gasteiger charge is 2.44. The number of aliphatic hydroxyl groups is 7. The molecule has 1 aliphatic heterocycles. The van der Waals surface area contributed by atoms with E-state index >= 15 is 0 Å². The van der Waals surface area contributed by atoms with Gasteiger partial charge in [-0.15, -0.1) is 0 Å². The third-order valence-corrected chi connectivity index (χ3v) is 13.6. The monoisotopic (exact) mass is 928 g/mol. The second-order valence-electron chi connectivity index (χ2n) is 19.7. The quantitative estimate of drug-likeness (QED) is 0.0215. The number of ether oxygens (including phenoxy) is 2. The Labute approximate surface area is 398 Å². The van der Waals surface area contributed by atoms with E-state index in [4.69, 9.17) is 9.47 Å². The summed E-state index contributed by atoms with van der Waals surface area (Å²) in [5.41, 5.74) is 0. The number of allylic oxidation sites excluding steroid dienone is 2. The summed E-state index contributed by atoms with van der Waals surface area (Å²) in [5.74, 6) is -0.702. The first kappa shape index (κ1) is 61.9. The van der Waals surface area contributed by atoms with E-state index in [2.05, 4.69) is 31.3 Å². The van der Waals surface area contributed by atoms with Crippen LogP contribution >= 0.6 is 0 Å². The molecule has 0 bridgehead atoms. The molecule has 0 aliphatic carbocycles. The minimum atomic E-state index is -1.66. The largest absolute Gasteiger partial charge is 0.394 e. The molecule has 386 valence electrons. The van der Waals surface area contributed by atoms with Crippen molar-refractivity contribution in [3.63, 3.8) is 0 Å². The molecule has 0 saturated carbocycles. The Bertz CT molecular complexity index is 1060. The summed E-state index contributed by atoms with van der Waals surface area (Å²) < 4.78 is 11.1. The molecule has 11 heteroatoms. The van der Waals surface area contributed by atoms with Crippen LogP contribution in [0.15, 0.2) is 12.2 Å². The first-order valence-corrected chi connectivity index (χ1v) is 27.6. The lowest BCUT2D eigenvalue weighted by Gasteiger charge is -2.40. The van der Waals surface area contributed by atoms with Gasteiger partial charge in [0.05, 0.1) is 25.4 Å². The Morgan fingerprint density at radius 3 is 1.32 bits per heavy atom. The maximum absolute atomic E-state index is 13.1. The summed E-state index contributed by atoms with van der Waals surface area (Å²) in [5, 5.41) is 75.9. The van der Waals surface area contributed by atoms with Crippen LogP contribution in [-0.2, 0) is 14.3 Å². The molecule has 0 aromatic carbocycles. The first-order chi connectivity index (χ1) is 31.7. The van der Waals surface area contributed by atoms with Gasteiger partial charge < -0.3 is 50.5 Å². The van der Waals surface area contributed by atoms with Crippen LogP contribution in [0.25, 0.3) is 0 Å². The molecule has 1 rings (SSSR count). The van der Waals surface area contributed by atoms with Crippen LogP contribution in [0.4, 0.5) is 0 Å². The van der Waals surface area contributed by atoms with E-state index < -0.39 is 74.2 Å². The van der Waals surface area contributed by atoms with Gasteiger partial charge in [-0.3, -0.25) is 4.79 Å². The molecule has 0 aromatic heterocycles. The summed E-state index contributed by atoms with van der Waals surface area (Å²) in [6.45, 7) is 3.45. The maximum atomic E-state index is 13.1. The number of aliphatic hydroxyl groups excluding tert-OH is 7. The zero-order valence-electron chi connectivity index (χ0n) is 42.0. The van der Waals surface area contributed by atoms with Gasteiger partial charge in [0.15, 0.2) is 6.29 Å². The van der Waals surface area contributed by atoms with Crippen molar-refractivity contribution in [2.45, 2.75) is 313 Å². The molecule has 0 spiro atoms.